The number of fused-ring (bicyclic) bond motifs is 1. The number of anilines is 1. The van der Waals surface area contributed by atoms with Crippen LogP contribution in [0.2, 0.25) is 0 Å². The highest BCUT2D eigenvalue weighted by Crippen LogP contribution is 2.35. The number of hydrogen-bond acceptors (Lipinski definition) is 4. The maximum atomic E-state index is 12.0. The summed E-state index contributed by atoms with van der Waals surface area (Å²) in [6.45, 7) is 0.454. The van der Waals surface area contributed by atoms with E-state index in [2.05, 4.69) is 0 Å². The summed E-state index contributed by atoms with van der Waals surface area (Å²) in [5, 5.41) is 0. The first-order valence-corrected chi connectivity index (χ1v) is 6.58. The lowest BCUT2D eigenvalue weighted by Gasteiger charge is -2.17. The van der Waals surface area contributed by atoms with Gasteiger partial charge in [-0.2, -0.15) is 0 Å². The van der Waals surface area contributed by atoms with Crippen molar-refractivity contribution in [2.75, 3.05) is 18.7 Å². The highest BCUT2D eigenvalue weighted by Gasteiger charge is 2.18. The second kappa shape index (κ2) is 5.75. The summed E-state index contributed by atoms with van der Waals surface area (Å²) in [4.78, 5) is 13.5. The summed E-state index contributed by atoms with van der Waals surface area (Å²) in [6.07, 6.45) is -0.419. The SMILES string of the molecule is CN(C(=O)OCc1ccccc1)c1ccc2c(c1)OCO2. The van der Waals surface area contributed by atoms with Crippen molar-refractivity contribution in [1.29, 1.82) is 0 Å². The molecule has 3 rings (SSSR count). The zero-order chi connectivity index (χ0) is 14.7. The van der Waals surface area contributed by atoms with Gasteiger partial charge in [-0.15, -0.1) is 0 Å². The van der Waals surface area contributed by atoms with Crippen LogP contribution in [0.5, 0.6) is 11.5 Å². The van der Waals surface area contributed by atoms with Gasteiger partial charge in [-0.05, 0) is 17.7 Å². The Labute approximate surface area is 122 Å². The normalized spacial score (nSPS) is 12.0. The third-order valence-corrected chi connectivity index (χ3v) is 3.22. The molecule has 0 bridgehead atoms. The van der Waals surface area contributed by atoms with E-state index in [1.165, 1.54) is 4.90 Å². The van der Waals surface area contributed by atoms with Crippen molar-refractivity contribution in [2.24, 2.45) is 0 Å². The van der Waals surface area contributed by atoms with Gasteiger partial charge < -0.3 is 14.2 Å². The first-order valence-electron chi connectivity index (χ1n) is 6.58. The molecule has 2 aromatic rings. The summed E-state index contributed by atoms with van der Waals surface area (Å²) in [6, 6.07) is 14.9. The summed E-state index contributed by atoms with van der Waals surface area (Å²) in [5.74, 6) is 1.32. The van der Waals surface area contributed by atoms with Crippen molar-refractivity contribution in [1.82, 2.24) is 0 Å². The van der Waals surface area contributed by atoms with Crippen LogP contribution >= 0.6 is 0 Å². The molecular weight excluding hydrogens is 270 g/mol. The third kappa shape index (κ3) is 2.91. The molecule has 21 heavy (non-hydrogen) atoms. The molecule has 0 aromatic heterocycles. The molecule has 108 valence electrons. The Morgan fingerprint density at radius 2 is 1.90 bits per heavy atom. The van der Waals surface area contributed by atoms with Crippen LogP contribution in [0.4, 0.5) is 10.5 Å². The molecule has 0 N–H and O–H groups in total. The Morgan fingerprint density at radius 1 is 1.14 bits per heavy atom. The number of benzene rings is 2. The Morgan fingerprint density at radius 3 is 2.71 bits per heavy atom. The molecule has 0 spiro atoms. The van der Waals surface area contributed by atoms with E-state index in [0.29, 0.717) is 17.2 Å². The maximum absolute atomic E-state index is 12.0. The van der Waals surface area contributed by atoms with E-state index >= 15 is 0 Å². The zero-order valence-corrected chi connectivity index (χ0v) is 11.6. The highest BCUT2D eigenvalue weighted by molar-refractivity contribution is 5.87. The molecule has 2 aromatic carbocycles. The van der Waals surface area contributed by atoms with Crippen LogP contribution in [0.1, 0.15) is 5.56 Å². The van der Waals surface area contributed by atoms with Crippen LogP contribution < -0.4 is 14.4 Å². The molecule has 0 fully saturated rings. The van der Waals surface area contributed by atoms with Gasteiger partial charge >= 0.3 is 6.09 Å². The van der Waals surface area contributed by atoms with Gasteiger partial charge in [-0.3, -0.25) is 4.90 Å². The summed E-state index contributed by atoms with van der Waals surface area (Å²) >= 11 is 0. The second-order valence-corrected chi connectivity index (χ2v) is 4.64. The van der Waals surface area contributed by atoms with Crippen molar-refractivity contribution in [3.05, 3.63) is 54.1 Å². The Balaban J connectivity index is 1.64. The van der Waals surface area contributed by atoms with Crippen LogP contribution in [0.3, 0.4) is 0 Å². The van der Waals surface area contributed by atoms with E-state index in [1.54, 1.807) is 25.2 Å². The molecule has 0 atom stereocenters. The van der Waals surface area contributed by atoms with Crippen molar-refractivity contribution in [3.63, 3.8) is 0 Å². The van der Waals surface area contributed by atoms with E-state index in [4.69, 9.17) is 14.2 Å². The molecular formula is C16H15NO4. The summed E-state index contributed by atoms with van der Waals surface area (Å²) < 4.78 is 15.8. The van der Waals surface area contributed by atoms with Gasteiger partial charge in [-0.25, -0.2) is 4.79 Å². The first kappa shape index (κ1) is 13.3. The average molecular weight is 285 g/mol. The second-order valence-electron chi connectivity index (χ2n) is 4.64. The molecule has 0 saturated heterocycles. The first-order chi connectivity index (χ1) is 10.2. The molecule has 0 unspecified atom stereocenters. The Hall–Kier alpha value is -2.69. The molecule has 1 heterocycles. The summed E-state index contributed by atoms with van der Waals surface area (Å²) in [5.41, 5.74) is 1.64. The third-order valence-electron chi connectivity index (χ3n) is 3.22. The van der Waals surface area contributed by atoms with Crippen LogP contribution in [-0.2, 0) is 11.3 Å². The minimum atomic E-state index is -0.419. The fraction of sp³-hybridized carbons (Fsp3) is 0.188. The zero-order valence-electron chi connectivity index (χ0n) is 11.6. The van der Waals surface area contributed by atoms with Gasteiger partial charge in [0.15, 0.2) is 11.5 Å². The molecule has 5 nitrogen and oxygen atoms in total. The quantitative estimate of drug-likeness (QED) is 0.869. The molecule has 0 saturated carbocycles. The average Bonchev–Trinajstić information content (AvgIpc) is 3.00. The van der Waals surface area contributed by atoms with Crippen molar-refractivity contribution < 1.29 is 19.0 Å². The fourth-order valence-corrected chi connectivity index (χ4v) is 2.02. The smallest absolute Gasteiger partial charge is 0.414 e. The van der Waals surface area contributed by atoms with Crippen molar-refractivity contribution in [3.8, 4) is 11.5 Å². The molecule has 1 aliphatic rings. The molecule has 5 heteroatoms. The predicted octanol–water partition coefficient (Wildman–Crippen LogP) is 3.19. The molecule has 1 amide bonds. The monoisotopic (exact) mass is 285 g/mol. The number of carbonyl (C=O) groups is 1. The lowest BCUT2D eigenvalue weighted by Crippen LogP contribution is -2.26. The van der Waals surface area contributed by atoms with Crippen LogP contribution in [0, 0.1) is 0 Å². The van der Waals surface area contributed by atoms with Crippen LogP contribution in [-0.4, -0.2) is 19.9 Å². The van der Waals surface area contributed by atoms with Crippen molar-refractivity contribution in [2.45, 2.75) is 6.61 Å². The van der Waals surface area contributed by atoms with Crippen LogP contribution in [0.25, 0.3) is 0 Å². The minimum absolute atomic E-state index is 0.209. The van der Waals surface area contributed by atoms with Crippen molar-refractivity contribution >= 4 is 11.8 Å². The van der Waals surface area contributed by atoms with Crippen LogP contribution in [0.15, 0.2) is 48.5 Å². The maximum Gasteiger partial charge on any atom is 0.414 e. The molecule has 1 aliphatic heterocycles. The molecule has 0 radical (unpaired) electrons. The van der Waals surface area contributed by atoms with Gasteiger partial charge in [0.1, 0.15) is 6.61 Å². The Bertz CT molecular complexity index is 642. The standard InChI is InChI=1S/C16H15NO4/c1-17(13-7-8-14-15(9-13)21-11-20-14)16(18)19-10-12-5-3-2-4-6-12/h2-9H,10-11H2,1H3. The number of amides is 1. The Kier molecular flexibility index (Phi) is 3.64. The number of hydrogen-bond donors (Lipinski definition) is 0. The van der Waals surface area contributed by atoms with Gasteiger partial charge in [0.2, 0.25) is 6.79 Å². The van der Waals surface area contributed by atoms with Gasteiger partial charge in [0, 0.05) is 13.1 Å². The number of rotatable bonds is 3. The largest absolute Gasteiger partial charge is 0.454 e. The lowest BCUT2D eigenvalue weighted by atomic mass is 10.2. The van der Waals surface area contributed by atoms with Gasteiger partial charge in [0.05, 0.1) is 5.69 Å². The van der Waals surface area contributed by atoms with Gasteiger partial charge in [0.25, 0.3) is 0 Å². The number of carbonyl (C=O) groups excluding carboxylic acids is 1. The van der Waals surface area contributed by atoms with E-state index in [1.807, 2.05) is 30.3 Å². The van der Waals surface area contributed by atoms with E-state index in [9.17, 15) is 4.79 Å². The van der Waals surface area contributed by atoms with E-state index in [-0.39, 0.29) is 13.4 Å². The lowest BCUT2D eigenvalue weighted by molar-refractivity contribution is 0.148. The number of nitrogens with zero attached hydrogens (tertiary/aromatic N) is 1. The fourth-order valence-electron chi connectivity index (χ4n) is 2.02. The van der Waals surface area contributed by atoms with E-state index < -0.39 is 6.09 Å². The topological polar surface area (TPSA) is 48.0 Å². The molecule has 0 aliphatic carbocycles. The summed E-state index contributed by atoms with van der Waals surface area (Å²) in [7, 11) is 1.66. The van der Waals surface area contributed by atoms with Gasteiger partial charge in [-0.1, -0.05) is 30.3 Å². The predicted molar refractivity (Wildman–Crippen MR) is 77.6 cm³/mol. The minimum Gasteiger partial charge on any atom is -0.454 e. The van der Waals surface area contributed by atoms with E-state index in [0.717, 1.165) is 5.56 Å². The number of ether oxygens (including phenoxy) is 3. The highest BCUT2D eigenvalue weighted by atomic mass is 16.7.